The van der Waals surface area contributed by atoms with Gasteiger partial charge in [-0.3, -0.25) is 9.59 Å². The zero-order valence-corrected chi connectivity index (χ0v) is 15.9. The third kappa shape index (κ3) is 5.37. The molecule has 2 amide bonds. The minimum absolute atomic E-state index is 0.138. The van der Waals surface area contributed by atoms with Crippen molar-refractivity contribution < 1.29 is 23.8 Å². The van der Waals surface area contributed by atoms with Gasteiger partial charge in [-0.15, -0.1) is 0 Å². The highest BCUT2D eigenvalue weighted by molar-refractivity contribution is 5.95. The fourth-order valence-corrected chi connectivity index (χ4v) is 2.58. The van der Waals surface area contributed by atoms with Gasteiger partial charge in [0, 0.05) is 17.8 Å². The molecule has 7 heteroatoms. The molecule has 0 aliphatic rings. The molecule has 0 saturated heterocycles. The maximum atomic E-state index is 12.2. The third-order valence-corrected chi connectivity index (χ3v) is 4.01. The molecule has 0 bridgehead atoms. The van der Waals surface area contributed by atoms with Crippen LogP contribution in [0.1, 0.15) is 11.1 Å². The van der Waals surface area contributed by atoms with Gasteiger partial charge in [0.25, 0.3) is 0 Å². The van der Waals surface area contributed by atoms with Crippen molar-refractivity contribution in [2.24, 2.45) is 0 Å². The Labute approximate surface area is 158 Å². The fraction of sp³-hybridized carbons (Fsp3) is 0.300. The van der Waals surface area contributed by atoms with E-state index in [1.165, 1.54) is 21.3 Å². The molecule has 2 N–H and O–H groups in total. The van der Waals surface area contributed by atoms with Gasteiger partial charge in [-0.2, -0.15) is 0 Å². The van der Waals surface area contributed by atoms with Crippen LogP contribution < -0.4 is 24.8 Å². The van der Waals surface area contributed by atoms with Crippen LogP contribution in [0.3, 0.4) is 0 Å². The van der Waals surface area contributed by atoms with Gasteiger partial charge in [0.05, 0.1) is 34.3 Å². The lowest BCUT2D eigenvalue weighted by Crippen LogP contribution is -2.33. The van der Waals surface area contributed by atoms with Gasteiger partial charge in [-0.1, -0.05) is 24.3 Å². The van der Waals surface area contributed by atoms with Crippen LogP contribution in [0.5, 0.6) is 17.2 Å². The monoisotopic (exact) mass is 372 g/mol. The summed E-state index contributed by atoms with van der Waals surface area (Å²) in [5.74, 6) is 0.711. The van der Waals surface area contributed by atoms with Crippen molar-refractivity contribution in [3.8, 4) is 17.2 Å². The Hall–Kier alpha value is -3.22. The Bertz CT molecular complexity index is 795. The van der Waals surface area contributed by atoms with E-state index in [-0.39, 0.29) is 24.8 Å². The van der Waals surface area contributed by atoms with Gasteiger partial charge in [0.15, 0.2) is 11.5 Å². The SMILES string of the molecule is COc1cc(NC(=O)CNC(=O)Cc2ccccc2C)cc(OC)c1OC. The fourth-order valence-electron chi connectivity index (χ4n) is 2.58. The second-order valence-corrected chi connectivity index (χ2v) is 5.84. The first-order chi connectivity index (χ1) is 13.0. The summed E-state index contributed by atoms with van der Waals surface area (Å²) in [6.45, 7) is 1.81. The van der Waals surface area contributed by atoms with Crippen molar-refractivity contribution in [3.05, 3.63) is 47.5 Å². The van der Waals surface area contributed by atoms with Crippen LogP contribution in [0.4, 0.5) is 5.69 Å². The number of benzene rings is 2. The topological polar surface area (TPSA) is 85.9 Å². The van der Waals surface area contributed by atoms with E-state index in [9.17, 15) is 9.59 Å². The van der Waals surface area contributed by atoms with Crippen LogP contribution in [-0.4, -0.2) is 39.7 Å². The Balaban J connectivity index is 1.95. The maximum Gasteiger partial charge on any atom is 0.243 e. The van der Waals surface area contributed by atoms with Crippen molar-refractivity contribution in [1.29, 1.82) is 0 Å². The molecule has 0 aromatic heterocycles. The second kappa shape index (κ2) is 9.47. The van der Waals surface area contributed by atoms with Crippen molar-refractivity contribution in [2.45, 2.75) is 13.3 Å². The van der Waals surface area contributed by atoms with E-state index in [0.29, 0.717) is 22.9 Å². The molecule has 2 aromatic rings. The molecule has 0 unspecified atom stereocenters. The van der Waals surface area contributed by atoms with E-state index >= 15 is 0 Å². The standard InChI is InChI=1S/C20H24N2O5/c1-13-7-5-6-8-14(13)9-18(23)21-12-19(24)22-15-10-16(25-2)20(27-4)17(11-15)26-3/h5-8,10-11H,9,12H2,1-4H3,(H,21,23)(H,22,24). The van der Waals surface area contributed by atoms with Crippen LogP contribution in [0.25, 0.3) is 0 Å². The van der Waals surface area contributed by atoms with E-state index < -0.39 is 0 Å². The number of methoxy groups -OCH3 is 3. The number of rotatable bonds is 8. The van der Waals surface area contributed by atoms with Crippen molar-refractivity contribution >= 4 is 17.5 Å². The summed E-state index contributed by atoms with van der Waals surface area (Å²) in [5, 5.41) is 5.32. The number of anilines is 1. The minimum Gasteiger partial charge on any atom is -0.493 e. The average Bonchev–Trinajstić information content (AvgIpc) is 2.67. The summed E-state index contributed by atoms with van der Waals surface area (Å²) >= 11 is 0. The molecular weight excluding hydrogens is 348 g/mol. The number of carbonyl (C=O) groups excluding carboxylic acids is 2. The molecule has 0 fully saturated rings. The molecule has 0 saturated carbocycles. The Morgan fingerprint density at radius 2 is 1.56 bits per heavy atom. The van der Waals surface area contributed by atoms with E-state index in [1.54, 1.807) is 12.1 Å². The van der Waals surface area contributed by atoms with Crippen molar-refractivity contribution in [2.75, 3.05) is 33.2 Å². The molecule has 0 heterocycles. The number of hydrogen-bond donors (Lipinski definition) is 2. The predicted molar refractivity (Wildman–Crippen MR) is 103 cm³/mol. The molecular formula is C20H24N2O5. The largest absolute Gasteiger partial charge is 0.493 e. The maximum absolute atomic E-state index is 12.2. The number of amides is 2. The number of nitrogens with one attached hydrogen (secondary N) is 2. The van der Waals surface area contributed by atoms with Crippen LogP contribution in [0.2, 0.25) is 0 Å². The lowest BCUT2D eigenvalue weighted by molar-refractivity contribution is -0.123. The summed E-state index contributed by atoms with van der Waals surface area (Å²) in [7, 11) is 4.49. The normalized spacial score (nSPS) is 10.1. The quantitative estimate of drug-likeness (QED) is 0.743. The number of ether oxygens (including phenoxy) is 3. The van der Waals surface area contributed by atoms with E-state index in [2.05, 4.69) is 10.6 Å². The highest BCUT2D eigenvalue weighted by Gasteiger charge is 2.15. The Morgan fingerprint density at radius 1 is 0.926 bits per heavy atom. The smallest absolute Gasteiger partial charge is 0.243 e. The Morgan fingerprint density at radius 3 is 2.11 bits per heavy atom. The van der Waals surface area contributed by atoms with Gasteiger partial charge >= 0.3 is 0 Å². The molecule has 2 rings (SSSR count). The van der Waals surface area contributed by atoms with Crippen molar-refractivity contribution in [3.63, 3.8) is 0 Å². The van der Waals surface area contributed by atoms with Gasteiger partial charge in [0.2, 0.25) is 17.6 Å². The number of aryl methyl sites for hydroxylation is 1. The van der Waals surface area contributed by atoms with Crippen LogP contribution in [-0.2, 0) is 16.0 Å². The van der Waals surface area contributed by atoms with E-state index in [1.807, 2.05) is 31.2 Å². The highest BCUT2D eigenvalue weighted by atomic mass is 16.5. The summed E-state index contributed by atoms with van der Waals surface area (Å²) in [6.07, 6.45) is 0.226. The summed E-state index contributed by atoms with van der Waals surface area (Å²) in [4.78, 5) is 24.2. The second-order valence-electron chi connectivity index (χ2n) is 5.84. The van der Waals surface area contributed by atoms with E-state index in [0.717, 1.165) is 11.1 Å². The predicted octanol–water partition coefficient (Wildman–Crippen LogP) is 2.32. The third-order valence-electron chi connectivity index (χ3n) is 4.01. The molecule has 0 aliphatic carbocycles. The molecule has 27 heavy (non-hydrogen) atoms. The zero-order chi connectivity index (χ0) is 19.8. The molecule has 7 nitrogen and oxygen atoms in total. The van der Waals surface area contributed by atoms with Crippen LogP contribution in [0, 0.1) is 6.92 Å². The van der Waals surface area contributed by atoms with Gasteiger partial charge in [-0.25, -0.2) is 0 Å². The number of carbonyl (C=O) groups is 2. The Kier molecular flexibility index (Phi) is 7.05. The number of hydrogen-bond acceptors (Lipinski definition) is 5. The average molecular weight is 372 g/mol. The van der Waals surface area contributed by atoms with Gasteiger partial charge in [0.1, 0.15) is 0 Å². The van der Waals surface area contributed by atoms with E-state index in [4.69, 9.17) is 14.2 Å². The first-order valence-corrected chi connectivity index (χ1v) is 8.39. The van der Waals surface area contributed by atoms with Crippen molar-refractivity contribution in [1.82, 2.24) is 5.32 Å². The lowest BCUT2D eigenvalue weighted by Gasteiger charge is -2.14. The highest BCUT2D eigenvalue weighted by Crippen LogP contribution is 2.39. The van der Waals surface area contributed by atoms with Gasteiger partial charge < -0.3 is 24.8 Å². The molecule has 0 spiro atoms. The molecule has 0 atom stereocenters. The zero-order valence-electron chi connectivity index (χ0n) is 15.9. The summed E-state index contributed by atoms with van der Waals surface area (Å²) < 4.78 is 15.7. The molecule has 0 aliphatic heterocycles. The van der Waals surface area contributed by atoms with Crippen LogP contribution in [0.15, 0.2) is 36.4 Å². The minimum atomic E-state index is -0.359. The molecule has 2 aromatic carbocycles. The first-order valence-electron chi connectivity index (χ1n) is 8.39. The van der Waals surface area contributed by atoms with Crippen LogP contribution >= 0.6 is 0 Å². The summed E-state index contributed by atoms with van der Waals surface area (Å²) in [5.41, 5.74) is 2.44. The molecule has 144 valence electrons. The lowest BCUT2D eigenvalue weighted by atomic mass is 10.1. The molecule has 0 radical (unpaired) electrons. The van der Waals surface area contributed by atoms with Gasteiger partial charge in [-0.05, 0) is 18.1 Å². The summed E-state index contributed by atoms with van der Waals surface area (Å²) in [6, 6.07) is 10.9. The first kappa shape index (κ1) is 20.1.